The number of benzene rings is 1. The third kappa shape index (κ3) is 7.37. The number of amides is 1. The Morgan fingerprint density at radius 3 is 2.24 bits per heavy atom. The molecule has 1 aromatic rings. The van der Waals surface area contributed by atoms with Crippen molar-refractivity contribution in [3.63, 3.8) is 0 Å². The van der Waals surface area contributed by atoms with E-state index < -0.39 is 29.6 Å². The van der Waals surface area contributed by atoms with Crippen molar-refractivity contribution in [1.29, 1.82) is 0 Å². The number of ether oxygens (including phenoxy) is 2. The molecule has 0 aliphatic heterocycles. The van der Waals surface area contributed by atoms with Crippen LogP contribution in [-0.4, -0.2) is 36.1 Å². The van der Waals surface area contributed by atoms with E-state index in [-0.39, 0.29) is 18.8 Å². The van der Waals surface area contributed by atoms with E-state index in [1.165, 1.54) is 0 Å². The van der Waals surface area contributed by atoms with Crippen LogP contribution in [0.15, 0.2) is 30.3 Å². The summed E-state index contributed by atoms with van der Waals surface area (Å²) in [7, 11) is 0. The fourth-order valence-corrected chi connectivity index (χ4v) is 2.25. The molecule has 1 aromatic carbocycles. The van der Waals surface area contributed by atoms with Crippen LogP contribution in [-0.2, 0) is 14.3 Å². The lowest BCUT2D eigenvalue weighted by atomic mass is 9.93. The first-order valence-electron chi connectivity index (χ1n) is 8.39. The van der Waals surface area contributed by atoms with Crippen LogP contribution in [0.5, 0.6) is 0 Å². The van der Waals surface area contributed by atoms with Crippen molar-refractivity contribution in [2.45, 2.75) is 52.7 Å². The monoisotopic (exact) mass is 349 g/mol. The number of carbonyl (C=O) groups excluding carboxylic acids is 3. The van der Waals surface area contributed by atoms with Crippen molar-refractivity contribution in [3.8, 4) is 0 Å². The zero-order valence-corrected chi connectivity index (χ0v) is 15.5. The largest absolute Gasteiger partial charge is 0.464 e. The third-order valence-electron chi connectivity index (χ3n) is 3.36. The zero-order valence-electron chi connectivity index (χ0n) is 15.5. The number of carbonyl (C=O) groups is 3. The summed E-state index contributed by atoms with van der Waals surface area (Å²) in [6, 6.07) is 7.88. The highest BCUT2D eigenvalue weighted by Gasteiger charge is 2.29. The second-order valence-electron chi connectivity index (χ2n) is 6.82. The van der Waals surface area contributed by atoms with Gasteiger partial charge < -0.3 is 14.8 Å². The standard InChI is InChI=1S/C19H27NO5/c1-6-24-17(22)15(20-18(23)25-19(3,4)5)12-13(2)16(21)14-10-8-7-9-11-14/h7-11,13,15H,6,12H2,1-5H3,(H,20,23). The minimum Gasteiger partial charge on any atom is -0.464 e. The van der Waals surface area contributed by atoms with E-state index in [4.69, 9.17) is 9.47 Å². The van der Waals surface area contributed by atoms with E-state index in [9.17, 15) is 14.4 Å². The van der Waals surface area contributed by atoms with Crippen LogP contribution in [0.3, 0.4) is 0 Å². The normalized spacial score (nSPS) is 13.5. The highest BCUT2D eigenvalue weighted by atomic mass is 16.6. The molecule has 1 amide bonds. The van der Waals surface area contributed by atoms with Crippen LogP contribution in [0.4, 0.5) is 4.79 Å². The van der Waals surface area contributed by atoms with Crippen LogP contribution in [0.1, 0.15) is 51.4 Å². The second kappa shape index (κ2) is 9.20. The summed E-state index contributed by atoms with van der Waals surface area (Å²) in [6.45, 7) is 8.78. The minimum atomic E-state index is -0.947. The van der Waals surface area contributed by atoms with Gasteiger partial charge in [0.1, 0.15) is 11.6 Å². The highest BCUT2D eigenvalue weighted by molar-refractivity contribution is 5.98. The number of nitrogens with one attached hydrogen (secondary N) is 1. The van der Waals surface area contributed by atoms with E-state index in [1.807, 2.05) is 6.07 Å². The lowest BCUT2D eigenvalue weighted by Gasteiger charge is -2.24. The number of ketones is 1. The van der Waals surface area contributed by atoms with Gasteiger partial charge in [0.25, 0.3) is 0 Å². The molecule has 0 aliphatic carbocycles. The quantitative estimate of drug-likeness (QED) is 0.603. The van der Waals surface area contributed by atoms with Gasteiger partial charge in [0.15, 0.2) is 5.78 Å². The molecular formula is C19H27NO5. The third-order valence-corrected chi connectivity index (χ3v) is 3.36. The maximum atomic E-state index is 12.5. The molecular weight excluding hydrogens is 322 g/mol. The maximum Gasteiger partial charge on any atom is 0.408 e. The predicted octanol–water partition coefficient (Wildman–Crippen LogP) is 3.35. The maximum absolute atomic E-state index is 12.5. The Bertz CT molecular complexity index is 592. The summed E-state index contributed by atoms with van der Waals surface area (Å²) < 4.78 is 10.2. The minimum absolute atomic E-state index is 0.0964. The Hall–Kier alpha value is -2.37. The molecule has 0 heterocycles. The Kier molecular flexibility index (Phi) is 7.61. The molecule has 2 atom stereocenters. The van der Waals surface area contributed by atoms with Crippen LogP contribution in [0, 0.1) is 5.92 Å². The molecule has 0 fully saturated rings. The Balaban J connectivity index is 2.80. The first-order chi connectivity index (χ1) is 11.6. The summed E-state index contributed by atoms with van der Waals surface area (Å²) in [5.74, 6) is -1.14. The molecule has 2 unspecified atom stereocenters. The van der Waals surface area contributed by atoms with Crippen molar-refractivity contribution in [2.75, 3.05) is 6.61 Å². The molecule has 0 bridgehead atoms. The van der Waals surface area contributed by atoms with Crippen LogP contribution < -0.4 is 5.32 Å². The first kappa shape index (κ1) is 20.7. The summed E-state index contributed by atoms with van der Waals surface area (Å²) in [4.78, 5) is 36.6. The van der Waals surface area contributed by atoms with Crippen LogP contribution >= 0.6 is 0 Å². The van der Waals surface area contributed by atoms with E-state index >= 15 is 0 Å². The average molecular weight is 349 g/mol. The van der Waals surface area contributed by atoms with Gasteiger partial charge in [-0.1, -0.05) is 37.3 Å². The van der Waals surface area contributed by atoms with Gasteiger partial charge in [-0.3, -0.25) is 4.79 Å². The van der Waals surface area contributed by atoms with Gasteiger partial charge in [0.05, 0.1) is 6.61 Å². The molecule has 25 heavy (non-hydrogen) atoms. The summed E-state index contributed by atoms with van der Waals surface area (Å²) in [6.07, 6.45) is -0.587. The van der Waals surface area contributed by atoms with Gasteiger partial charge in [0, 0.05) is 11.5 Å². The van der Waals surface area contributed by atoms with Crippen molar-refractivity contribution in [2.24, 2.45) is 5.92 Å². The Labute approximate surface area is 148 Å². The van der Waals surface area contributed by atoms with Gasteiger partial charge in [-0.25, -0.2) is 9.59 Å². The topological polar surface area (TPSA) is 81.7 Å². The molecule has 1 rings (SSSR count). The molecule has 138 valence electrons. The second-order valence-corrected chi connectivity index (χ2v) is 6.82. The van der Waals surface area contributed by atoms with Crippen molar-refractivity contribution in [3.05, 3.63) is 35.9 Å². The molecule has 6 heteroatoms. The molecule has 0 spiro atoms. The van der Waals surface area contributed by atoms with Gasteiger partial charge in [-0.05, 0) is 34.1 Å². The first-order valence-corrected chi connectivity index (χ1v) is 8.39. The van der Waals surface area contributed by atoms with Gasteiger partial charge in [-0.15, -0.1) is 0 Å². The number of hydrogen-bond donors (Lipinski definition) is 1. The molecule has 0 aliphatic rings. The van der Waals surface area contributed by atoms with E-state index in [0.717, 1.165) is 0 Å². The van der Waals surface area contributed by atoms with Gasteiger partial charge in [0.2, 0.25) is 0 Å². The van der Waals surface area contributed by atoms with Gasteiger partial charge in [-0.2, -0.15) is 0 Å². The summed E-state index contributed by atoms with van der Waals surface area (Å²) in [5.41, 5.74) is -0.121. The summed E-state index contributed by atoms with van der Waals surface area (Å²) >= 11 is 0. The average Bonchev–Trinajstić information content (AvgIpc) is 2.52. The number of alkyl carbamates (subject to hydrolysis) is 1. The molecule has 1 N–H and O–H groups in total. The lowest BCUT2D eigenvalue weighted by Crippen LogP contribution is -2.45. The highest BCUT2D eigenvalue weighted by Crippen LogP contribution is 2.16. The van der Waals surface area contributed by atoms with E-state index in [1.54, 1.807) is 58.9 Å². The SMILES string of the molecule is CCOC(=O)C(CC(C)C(=O)c1ccccc1)NC(=O)OC(C)(C)C. The predicted molar refractivity (Wildman–Crippen MR) is 94.3 cm³/mol. The molecule has 0 aromatic heterocycles. The zero-order chi connectivity index (χ0) is 19.0. The van der Waals surface area contributed by atoms with E-state index in [2.05, 4.69) is 5.32 Å². The van der Waals surface area contributed by atoms with Crippen LogP contribution in [0.25, 0.3) is 0 Å². The number of rotatable bonds is 7. The Morgan fingerprint density at radius 2 is 1.72 bits per heavy atom. The van der Waals surface area contributed by atoms with Crippen molar-refractivity contribution >= 4 is 17.8 Å². The molecule has 0 saturated carbocycles. The fourth-order valence-electron chi connectivity index (χ4n) is 2.25. The van der Waals surface area contributed by atoms with Gasteiger partial charge >= 0.3 is 12.1 Å². The molecule has 0 saturated heterocycles. The van der Waals surface area contributed by atoms with Crippen molar-refractivity contribution < 1.29 is 23.9 Å². The Morgan fingerprint density at radius 1 is 1.12 bits per heavy atom. The molecule has 0 radical (unpaired) electrons. The lowest BCUT2D eigenvalue weighted by molar-refractivity contribution is -0.146. The molecule has 6 nitrogen and oxygen atoms in total. The number of esters is 1. The fraction of sp³-hybridized carbons (Fsp3) is 0.526. The number of hydrogen-bond acceptors (Lipinski definition) is 5. The number of Topliss-reactive ketones (excluding diaryl/α,β-unsaturated/α-hetero) is 1. The summed E-state index contributed by atoms with van der Waals surface area (Å²) in [5, 5.41) is 2.51. The van der Waals surface area contributed by atoms with E-state index in [0.29, 0.717) is 5.56 Å². The van der Waals surface area contributed by atoms with Crippen molar-refractivity contribution in [1.82, 2.24) is 5.32 Å². The van der Waals surface area contributed by atoms with Crippen LogP contribution in [0.2, 0.25) is 0 Å². The smallest absolute Gasteiger partial charge is 0.408 e.